The first-order chi connectivity index (χ1) is 7.63. The van der Waals surface area contributed by atoms with Crippen molar-refractivity contribution in [3.63, 3.8) is 0 Å². The Labute approximate surface area is 101 Å². The molecule has 0 spiro atoms. The lowest BCUT2D eigenvalue weighted by molar-refractivity contribution is 0.179. The van der Waals surface area contributed by atoms with Crippen molar-refractivity contribution < 1.29 is 4.74 Å². The zero-order chi connectivity index (χ0) is 12.0. The third-order valence-electron chi connectivity index (χ3n) is 2.05. The van der Waals surface area contributed by atoms with Crippen molar-refractivity contribution in [2.75, 3.05) is 19.0 Å². The van der Waals surface area contributed by atoms with Gasteiger partial charge in [0.15, 0.2) is 5.11 Å². The monoisotopic (exact) mass is 239 g/mol. The maximum absolute atomic E-state index is 5.18. The molecule has 5 heteroatoms. The minimum Gasteiger partial charge on any atom is -0.383 e. The van der Waals surface area contributed by atoms with Gasteiger partial charge in [0.05, 0.1) is 18.0 Å². The molecule has 0 amide bonds. The fraction of sp³-hybridized carbons (Fsp3) is 0.455. The second-order valence-corrected chi connectivity index (χ2v) is 4.00. The minimum atomic E-state index is 0.182. The molecule has 1 heterocycles. The van der Waals surface area contributed by atoms with E-state index in [9.17, 15) is 0 Å². The fourth-order valence-electron chi connectivity index (χ4n) is 1.29. The van der Waals surface area contributed by atoms with Gasteiger partial charge in [-0.2, -0.15) is 0 Å². The summed E-state index contributed by atoms with van der Waals surface area (Å²) in [6, 6.07) is 4.00. The Morgan fingerprint density at radius 2 is 2.38 bits per heavy atom. The Morgan fingerprint density at radius 3 is 3.00 bits per heavy atom. The number of aromatic nitrogens is 1. The molecule has 1 atom stereocenters. The third-order valence-corrected chi connectivity index (χ3v) is 2.27. The molecule has 1 aromatic heterocycles. The van der Waals surface area contributed by atoms with Crippen LogP contribution in [-0.2, 0) is 4.74 Å². The molecule has 0 fully saturated rings. The van der Waals surface area contributed by atoms with E-state index >= 15 is 0 Å². The Bertz CT molecular complexity index is 357. The summed E-state index contributed by atoms with van der Waals surface area (Å²) in [7, 11) is 1.67. The van der Waals surface area contributed by atoms with Gasteiger partial charge in [0.1, 0.15) is 0 Å². The molecule has 0 aliphatic rings. The van der Waals surface area contributed by atoms with Crippen LogP contribution in [0.1, 0.15) is 12.6 Å². The Kier molecular flexibility index (Phi) is 5.14. The van der Waals surface area contributed by atoms with E-state index in [1.165, 1.54) is 0 Å². The summed E-state index contributed by atoms with van der Waals surface area (Å²) in [6.45, 7) is 4.56. The maximum atomic E-state index is 5.18. The molecular weight excluding hydrogens is 222 g/mol. The van der Waals surface area contributed by atoms with Crippen LogP contribution in [-0.4, -0.2) is 29.9 Å². The van der Waals surface area contributed by atoms with Gasteiger partial charge >= 0.3 is 0 Å². The van der Waals surface area contributed by atoms with Crippen LogP contribution in [0.4, 0.5) is 5.69 Å². The number of hydrogen-bond donors (Lipinski definition) is 2. The molecule has 0 aromatic carbocycles. The Hall–Kier alpha value is -1.20. The molecule has 0 saturated heterocycles. The Balaban J connectivity index is 2.49. The maximum Gasteiger partial charge on any atom is 0.171 e. The first-order valence-corrected chi connectivity index (χ1v) is 5.52. The van der Waals surface area contributed by atoms with Crippen molar-refractivity contribution in [2.45, 2.75) is 19.9 Å². The standard InChI is InChI=1S/C11H17N3OS/c1-8(7-15-3)13-11(16)14-10-5-4-6-12-9(10)2/h4-6,8H,7H2,1-3H3,(H2,13,14,16). The SMILES string of the molecule is COCC(C)NC(=S)Nc1cccnc1C. The molecule has 0 aliphatic heterocycles. The topological polar surface area (TPSA) is 46.2 Å². The van der Waals surface area contributed by atoms with Crippen LogP contribution >= 0.6 is 12.2 Å². The van der Waals surface area contributed by atoms with E-state index in [0.717, 1.165) is 11.4 Å². The second kappa shape index (κ2) is 6.40. The summed E-state index contributed by atoms with van der Waals surface area (Å²) in [4.78, 5) is 4.17. The largest absolute Gasteiger partial charge is 0.383 e. The molecule has 0 saturated carbocycles. The highest BCUT2D eigenvalue weighted by Crippen LogP contribution is 2.09. The minimum absolute atomic E-state index is 0.182. The van der Waals surface area contributed by atoms with E-state index in [1.54, 1.807) is 13.3 Å². The Morgan fingerprint density at radius 1 is 1.62 bits per heavy atom. The number of rotatable bonds is 4. The molecular formula is C11H17N3OS. The smallest absolute Gasteiger partial charge is 0.171 e. The highest BCUT2D eigenvalue weighted by atomic mass is 32.1. The first kappa shape index (κ1) is 12.9. The summed E-state index contributed by atoms with van der Waals surface area (Å²) < 4.78 is 5.02. The van der Waals surface area contributed by atoms with Gasteiger partial charge in [0.2, 0.25) is 0 Å². The normalized spacial score (nSPS) is 11.9. The zero-order valence-corrected chi connectivity index (χ0v) is 10.6. The highest BCUT2D eigenvalue weighted by Gasteiger charge is 2.05. The van der Waals surface area contributed by atoms with E-state index in [-0.39, 0.29) is 6.04 Å². The second-order valence-electron chi connectivity index (χ2n) is 3.59. The lowest BCUT2D eigenvalue weighted by Gasteiger charge is -2.16. The molecule has 1 aromatic rings. The first-order valence-electron chi connectivity index (χ1n) is 5.11. The van der Waals surface area contributed by atoms with Crippen molar-refractivity contribution in [1.82, 2.24) is 10.3 Å². The number of nitrogens with zero attached hydrogens (tertiary/aromatic N) is 1. The quantitative estimate of drug-likeness (QED) is 0.783. The van der Waals surface area contributed by atoms with Crippen molar-refractivity contribution in [1.29, 1.82) is 0 Å². The lowest BCUT2D eigenvalue weighted by atomic mass is 10.3. The van der Waals surface area contributed by atoms with Gasteiger partial charge in [-0.25, -0.2) is 0 Å². The van der Waals surface area contributed by atoms with Crippen molar-refractivity contribution >= 4 is 23.0 Å². The van der Waals surface area contributed by atoms with Gasteiger partial charge in [-0.05, 0) is 38.2 Å². The van der Waals surface area contributed by atoms with Gasteiger partial charge in [0.25, 0.3) is 0 Å². The van der Waals surface area contributed by atoms with Gasteiger partial charge in [-0.3, -0.25) is 4.98 Å². The number of aryl methyl sites for hydroxylation is 1. The molecule has 0 bridgehead atoms. The van der Waals surface area contributed by atoms with Crippen LogP contribution in [0.5, 0.6) is 0 Å². The van der Waals surface area contributed by atoms with Crippen LogP contribution in [0.2, 0.25) is 0 Å². The summed E-state index contributed by atoms with van der Waals surface area (Å²) in [5.74, 6) is 0. The van der Waals surface area contributed by atoms with Crippen LogP contribution < -0.4 is 10.6 Å². The van der Waals surface area contributed by atoms with E-state index in [1.807, 2.05) is 26.0 Å². The van der Waals surface area contributed by atoms with Crippen molar-refractivity contribution in [3.05, 3.63) is 24.0 Å². The number of hydrogen-bond acceptors (Lipinski definition) is 3. The van der Waals surface area contributed by atoms with E-state index in [0.29, 0.717) is 11.7 Å². The molecule has 0 radical (unpaired) electrons. The van der Waals surface area contributed by atoms with Crippen LogP contribution in [0.15, 0.2) is 18.3 Å². The number of pyridine rings is 1. The van der Waals surface area contributed by atoms with Gasteiger partial charge in [-0.15, -0.1) is 0 Å². The van der Waals surface area contributed by atoms with Crippen LogP contribution in [0, 0.1) is 6.92 Å². The van der Waals surface area contributed by atoms with E-state index < -0.39 is 0 Å². The summed E-state index contributed by atoms with van der Waals surface area (Å²) in [5, 5.41) is 6.81. The number of nitrogens with one attached hydrogen (secondary N) is 2. The predicted octanol–water partition coefficient (Wildman–Crippen LogP) is 1.71. The van der Waals surface area contributed by atoms with Crippen LogP contribution in [0.25, 0.3) is 0 Å². The van der Waals surface area contributed by atoms with Gasteiger partial charge in [0, 0.05) is 19.3 Å². The number of thiocarbonyl (C=S) groups is 1. The summed E-state index contributed by atoms with van der Waals surface area (Å²) in [5.41, 5.74) is 1.84. The van der Waals surface area contributed by atoms with E-state index in [4.69, 9.17) is 17.0 Å². The summed E-state index contributed by atoms with van der Waals surface area (Å²) >= 11 is 5.18. The lowest BCUT2D eigenvalue weighted by Crippen LogP contribution is -2.38. The molecule has 0 aliphatic carbocycles. The molecule has 16 heavy (non-hydrogen) atoms. The van der Waals surface area contributed by atoms with Crippen LogP contribution in [0.3, 0.4) is 0 Å². The number of ether oxygens (including phenoxy) is 1. The molecule has 1 unspecified atom stereocenters. The van der Waals surface area contributed by atoms with Gasteiger partial charge < -0.3 is 15.4 Å². The molecule has 88 valence electrons. The fourth-order valence-corrected chi connectivity index (χ4v) is 1.60. The number of anilines is 1. The third kappa shape index (κ3) is 4.12. The summed E-state index contributed by atoms with van der Waals surface area (Å²) in [6.07, 6.45) is 1.75. The average Bonchev–Trinajstić information content (AvgIpc) is 2.21. The zero-order valence-electron chi connectivity index (χ0n) is 9.78. The van der Waals surface area contributed by atoms with E-state index in [2.05, 4.69) is 15.6 Å². The predicted molar refractivity (Wildman–Crippen MR) is 69.7 cm³/mol. The number of methoxy groups -OCH3 is 1. The molecule has 2 N–H and O–H groups in total. The highest BCUT2D eigenvalue weighted by molar-refractivity contribution is 7.80. The average molecular weight is 239 g/mol. The van der Waals surface area contributed by atoms with Crippen molar-refractivity contribution in [2.24, 2.45) is 0 Å². The van der Waals surface area contributed by atoms with Gasteiger partial charge in [-0.1, -0.05) is 0 Å². The molecule has 4 nitrogen and oxygen atoms in total. The molecule has 1 rings (SSSR count). The van der Waals surface area contributed by atoms with Crippen molar-refractivity contribution in [3.8, 4) is 0 Å².